The number of carbonyl (C=O) groups excluding carboxylic acids is 1. The molecule has 0 saturated carbocycles. The molecule has 0 atom stereocenters. The predicted molar refractivity (Wildman–Crippen MR) is 66.1 cm³/mol. The van der Waals surface area contributed by atoms with Crippen LogP contribution < -0.4 is 0 Å². The molecule has 98 valence electrons. The van der Waals surface area contributed by atoms with Crippen LogP contribution in [0.3, 0.4) is 0 Å². The standard InChI is InChI=1S/C12H10N2O5/c15-11(3-4-12(16)17)13-6-5-8-7-9(14(18)19)1-2-10(8)13/h1-2,5-7H,3-4H2,(H,16,17). The van der Waals surface area contributed by atoms with Crippen LogP contribution in [0.4, 0.5) is 5.69 Å². The second-order valence-electron chi connectivity index (χ2n) is 3.97. The van der Waals surface area contributed by atoms with Gasteiger partial charge in [-0.15, -0.1) is 0 Å². The lowest BCUT2D eigenvalue weighted by Crippen LogP contribution is -2.11. The third-order valence-electron chi connectivity index (χ3n) is 2.71. The molecule has 7 heteroatoms. The number of hydrogen-bond acceptors (Lipinski definition) is 4. The van der Waals surface area contributed by atoms with E-state index in [-0.39, 0.29) is 24.4 Å². The number of aliphatic carboxylic acids is 1. The van der Waals surface area contributed by atoms with Crippen LogP contribution in [0.15, 0.2) is 30.5 Å². The summed E-state index contributed by atoms with van der Waals surface area (Å²) < 4.78 is 1.31. The third-order valence-corrected chi connectivity index (χ3v) is 2.71. The summed E-state index contributed by atoms with van der Waals surface area (Å²) in [5.41, 5.74) is 0.476. The highest BCUT2D eigenvalue weighted by Gasteiger charge is 2.13. The van der Waals surface area contributed by atoms with Gasteiger partial charge in [-0.3, -0.25) is 24.3 Å². The fraction of sp³-hybridized carbons (Fsp3) is 0.167. The van der Waals surface area contributed by atoms with Crippen molar-refractivity contribution in [3.05, 3.63) is 40.6 Å². The van der Waals surface area contributed by atoms with Crippen molar-refractivity contribution in [1.82, 2.24) is 4.57 Å². The van der Waals surface area contributed by atoms with Gasteiger partial charge in [0.05, 0.1) is 16.9 Å². The first-order chi connectivity index (χ1) is 8.99. The molecule has 0 bridgehead atoms. The quantitative estimate of drug-likeness (QED) is 0.671. The van der Waals surface area contributed by atoms with Crippen LogP contribution in [-0.2, 0) is 4.79 Å². The minimum atomic E-state index is -1.04. The summed E-state index contributed by atoms with van der Waals surface area (Å²) in [6, 6.07) is 5.74. The molecule has 0 aliphatic heterocycles. The van der Waals surface area contributed by atoms with Gasteiger partial charge >= 0.3 is 5.97 Å². The maximum Gasteiger partial charge on any atom is 0.303 e. The molecule has 0 radical (unpaired) electrons. The fourth-order valence-electron chi connectivity index (χ4n) is 1.80. The maximum atomic E-state index is 11.8. The van der Waals surface area contributed by atoms with Crippen LogP contribution in [0, 0.1) is 10.1 Å². The lowest BCUT2D eigenvalue weighted by molar-refractivity contribution is -0.384. The average Bonchev–Trinajstić information content (AvgIpc) is 2.78. The van der Waals surface area contributed by atoms with Crippen molar-refractivity contribution in [1.29, 1.82) is 0 Å². The molecule has 0 spiro atoms. The lowest BCUT2D eigenvalue weighted by Gasteiger charge is -2.02. The second kappa shape index (κ2) is 4.89. The first-order valence-corrected chi connectivity index (χ1v) is 5.49. The van der Waals surface area contributed by atoms with Crippen molar-refractivity contribution in [3.8, 4) is 0 Å². The molecule has 0 amide bonds. The normalized spacial score (nSPS) is 10.5. The van der Waals surface area contributed by atoms with Gasteiger partial charge in [0, 0.05) is 30.1 Å². The zero-order valence-corrected chi connectivity index (χ0v) is 9.78. The Labute approximate surface area is 107 Å². The van der Waals surface area contributed by atoms with Crippen molar-refractivity contribution in [2.24, 2.45) is 0 Å². The number of carboxylic acid groups (broad SMARTS) is 1. The van der Waals surface area contributed by atoms with E-state index in [1.54, 1.807) is 6.07 Å². The molecule has 1 aromatic heterocycles. The molecule has 1 N–H and O–H groups in total. The molecule has 0 aliphatic carbocycles. The number of hydrogen-bond donors (Lipinski definition) is 1. The SMILES string of the molecule is O=C(O)CCC(=O)n1ccc2cc([N+](=O)[O-])ccc21. The van der Waals surface area contributed by atoms with Crippen LogP contribution in [-0.4, -0.2) is 26.5 Å². The van der Waals surface area contributed by atoms with Gasteiger partial charge in [0.2, 0.25) is 5.91 Å². The van der Waals surface area contributed by atoms with E-state index in [0.29, 0.717) is 10.9 Å². The van der Waals surface area contributed by atoms with E-state index in [4.69, 9.17) is 5.11 Å². The van der Waals surface area contributed by atoms with Gasteiger partial charge in [0.1, 0.15) is 0 Å². The Balaban J connectivity index is 2.33. The summed E-state index contributed by atoms with van der Waals surface area (Å²) in [6.07, 6.45) is 1.13. The smallest absolute Gasteiger partial charge is 0.303 e. The van der Waals surface area contributed by atoms with Crippen LogP contribution in [0.25, 0.3) is 10.9 Å². The maximum absolute atomic E-state index is 11.8. The van der Waals surface area contributed by atoms with Crippen LogP contribution in [0.1, 0.15) is 17.6 Å². The number of non-ortho nitro benzene ring substituents is 1. The lowest BCUT2D eigenvalue weighted by atomic mass is 10.2. The molecule has 19 heavy (non-hydrogen) atoms. The fourth-order valence-corrected chi connectivity index (χ4v) is 1.80. The van der Waals surface area contributed by atoms with Crippen molar-refractivity contribution < 1.29 is 19.6 Å². The highest BCUT2D eigenvalue weighted by molar-refractivity contribution is 5.94. The molecule has 0 fully saturated rings. The Morgan fingerprint density at radius 3 is 2.63 bits per heavy atom. The topological polar surface area (TPSA) is 102 Å². The number of aromatic nitrogens is 1. The van der Waals surface area contributed by atoms with E-state index in [2.05, 4.69) is 0 Å². The van der Waals surface area contributed by atoms with Gasteiger partial charge in [0.25, 0.3) is 5.69 Å². The number of rotatable bonds is 4. The highest BCUT2D eigenvalue weighted by atomic mass is 16.6. The molecular formula is C12H10N2O5. The van der Waals surface area contributed by atoms with Crippen molar-refractivity contribution >= 4 is 28.5 Å². The predicted octanol–water partition coefficient (Wildman–Crippen LogP) is 2.05. The van der Waals surface area contributed by atoms with Gasteiger partial charge < -0.3 is 5.11 Å². The van der Waals surface area contributed by atoms with Gasteiger partial charge in [0.15, 0.2) is 0 Å². The summed E-state index contributed by atoms with van der Waals surface area (Å²) >= 11 is 0. The number of fused-ring (bicyclic) bond motifs is 1. The highest BCUT2D eigenvalue weighted by Crippen LogP contribution is 2.22. The first kappa shape index (κ1) is 12.7. The van der Waals surface area contributed by atoms with Gasteiger partial charge in [-0.25, -0.2) is 0 Å². The molecule has 7 nitrogen and oxygen atoms in total. The molecule has 0 aliphatic rings. The number of carboxylic acids is 1. The van der Waals surface area contributed by atoms with Crippen LogP contribution >= 0.6 is 0 Å². The van der Waals surface area contributed by atoms with Crippen LogP contribution in [0.5, 0.6) is 0 Å². The number of nitrogens with zero attached hydrogens (tertiary/aromatic N) is 2. The second-order valence-corrected chi connectivity index (χ2v) is 3.97. The zero-order valence-electron chi connectivity index (χ0n) is 9.78. The van der Waals surface area contributed by atoms with E-state index in [9.17, 15) is 19.7 Å². The molecule has 2 aromatic rings. The Morgan fingerprint density at radius 2 is 2.00 bits per heavy atom. The molecule has 0 unspecified atom stereocenters. The third kappa shape index (κ3) is 2.59. The van der Waals surface area contributed by atoms with E-state index >= 15 is 0 Å². The first-order valence-electron chi connectivity index (χ1n) is 5.49. The Bertz CT molecular complexity index is 674. The molecule has 2 rings (SSSR count). The van der Waals surface area contributed by atoms with Gasteiger partial charge in [-0.1, -0.05) is 0 Å². The molecule has 0 saturated heterocycles. The van der Waals surface area contributed by atoms with Crippen molar-refractivity contribution in [2.75, 3.05) is 0 Å². The molecular weight excluding hydrogens is 252 g/mol. The van der Waals surface area contributed by atoms with Crippen molar-refractivity contribution in [3.63, 3.8) is 0 Å². The zero-order chi connectivity index (χ0) is 14.0. The number of nitro groups is 1. The summed E-state index contributed by atoms with van der Waals surface area (Å²) in [5, 5.41) is 19.7. The summed E-state index contributed by atoms with van der Waals surface area (Å²) in [6.45, 7) is 0. The molecule has 1 aromatic carbocycles. The number of benzene rings is 1. The molecule has 1 heterocycles. The monoisotopic (exact) mass is 262 g/mol. The van der Waals surface area contributed by atoms with E-state index in [0.717, 1.165) is 0 Å². The minimum absolute atomic E-state index is 0.0526. The van der Waals surface area contributed by atoms with Crippen molar-refractivity contribution in [2.45, 2.75) is 12.8 Å². The summed E-state index contributed by atoms with van der Waals surface area (Å²) in [4.78, 5) is 32.3. The average molecular weight is 262 g/mol. The van der Waals surface area contributed by atoms with Gasteiger partial charge in [-0.05, 0) is 12.1 Å². The number of carbonyl (C=O) groups is 2. The summed E-state index contributed by atoms with van der Waals surface area (Å²) in [7, 11) is 0. The Morgan fingerprint density at radius 1 is 1.26 bits per heavy atom. The minimum Gasteiger partial charge on any atom is -0.481 e. The van der Waals surface area contributed by atoms with E-state index in [1.165, 1.54) is 29.0 Å². The Kier molecular flexibility index (Phi) is 3.28. The summed E-state index contributed by atoms with van der Waals surface area (Å²) in [5.74, 6) is -1.40. The Hall–Kier alpha value is -2.70. The van der Waals surface area contributed by atoms with Crippen LogP contribution in [0.2, 0.25) is 0 Å². The van der Waals surface area contributed by atoms with Gasteiger partial charge in [-0.2, -0.15) is 0 Å². The van der Waals surface area contributed by atoms with E-state index < -0.39 is 10.9 Å². The number of nitro benzene ring substituents is 1. The largest absolute Gasteiger partial charge is 0.481 e. The van der Waals surface area contributed by atoms with E-state index in [1.807, 2.05) is 0 Å².